The zero-order valence-corrected chi connectivity index (χ0v) is 31.0. The summed E-state index contributed by atoms with van der Waals surface area (Å²) in [5.41, 5.74) is 18.2. The van der Waals surface area contributed by atoms with E-state index < -0.39 is 5.41 Å². The molecule has 1 nitrogen and oxygen atoms in total. The van der Waals surface area contributed by atoms with Crippen LogP contribution in [0, 0.1) is 0 Å². The van der Waals surface area contributed by atoms with Crippen LogP contribution in [-0.2, 0) is 16.2 Å². The molecule has 51 heavy (non-hydrogen) atoms. The third-order valence-corrected chi connectivity index (χ3v) is 12.6. The predicted octanol–water partition coefficient (Wildman–Crippen LogP) is 13.5. The van der Waals surface area contributed by atoms with Crippen LogP contribution in [0.15, 0.2) is 139 Å². The van der Waals surface area contributed by atoms with E-state index in [4.69, 9.17) is 0 Å². The summed E-state index contributed by atoms with van der Waals surface area (Å²) in [6.45, 7) is 13.9. The van der Waals surface area contributed by atoms with Crippen molar-refractivity contribution in [1.29, 1.82) is 0 Å². The smallest absolute Gasteiger partial charge is 0.0726 e. The van der Waals surface area contributed by atoms with Crippen molar-refractivity contribution in [3.63, 3.8) is 0 Å². The van der Waals surface area contributed by atoms with E-state index in [2.05, 4.69) is 185 Å². The molecule has 1 spiro atoms. The van der Waals surface area contributed by atoms with Gasteiger partial charge in [0, 0.05) is 21.3 Å². The van der Waals surface area contributed by atoms with Gasteiger partial charge in [-0.2, -0.15) is 0 Å². The second kappa shape index (κ2) is 10.4. The molecule has 0 atom stereocenters. The molecular formula is C49H41NS. The molecule has 2 aliphatic carbocycles. The lowest BCUT2D eigenvalue weighted by Crippen LogP contribution is -2.26. The van der Waals surface area contributed by atoms with Crippen molar-refractivity contribution < 1.29 is 0 Å². The number of nitrogens with zero attached hydrogens (tertiary/aromatic N) is 1. The van der Waals surface area contributed by atoms with Gasteiger partial charge in [0.2, 0.25) is 0 Å². The van der Waals surface area contributed by atoms with E-state index in [-0.39, 0.29) is 10.8 Å². The average Bonchev–Trinajstić information content (AvgIpc) is 3.90. The van der Waals surface area contributed by atoms with Crippen LogP contribution in [0.25, 0.3) is 60.2 Å². The van der Waals surface area contributed by atoms with E-state index in [1.54, 1.807) is 0 Å². The summed E-state index contributed by atoms with van der Waals surface area (Å²) in [6.07, 6.45) is 0. The van der Waals surface area contributed by atoms with Gasteiger partial charge >= 0.3 is 0 Å². The van der Waals surface area contributed by atoms with Crippen LogP contribution in [0.5, 0.6) is 0 Å². The van der Waals surface area contributed by atoms with E-state index >= 15 is 0 Å². The molecule has 2 heteroatoms. The number of fused-ring (bicyclic) bond motifs is 13. The number of hydrogen-bond acceptors (Lipinski definition) is 1. The van der Waals surface area contributed by atoms with Gasteiger partial charge in [0.05, 0.1) is 16.4 Å². The van der Waals surface area contributed by atoms with Crippen molar-refractivity contribution in [2.45, 2.75) is 57.8 Å². The molecular weight excluding hydrogens is 635 g/mol. The number of aromatic nitrogens is 1. The highest BCUT2D eigenvalue weighted by Crippen LogP contribution is 2.63. The summed E-state index contributed by atoms with van der Waals surface area (Å²) in [5.74, 6) is 0. The molecule has 0 saturated heterocycles. The van der Waals surface area contributed by atoms with Gasteiger partial charge in [-0.15, -0.1) is 11.3 Å². The van der Waals surface area contributed by atoms with Gasteiger partial charge in [-0.3, -0.25) is 0 Å². The number of rotatable bonds is 2. The standard InChI is InChI=1S/C49H41NS/c1-47(2,3)31-18-23-44-38(27-31)39-28-32(48(4,5)6)19-24-45(39)50(44)33-20-22-37-36-21-17-30(46-16-11-25-51-46)26-42(36)49(43(37)29-33)40-14-9-7-12-34(40)35-13-8-10-15-41(35)49/h7-29H,1-6H3. The maximum absolute atomic E-state index is 2.52. The zero-order valence-electron chi connectivity index (χ0n) is 30.1. The van der Waals surface area contributed by atoms with Crippen LogP contribution < -0.4 is 0 Å². The summed E-state index contributed by atoms with van der Waals surface area (Å²) in [6, 6.07) is 51.4. The fraction of sp³-hybridized carbons (Fsp3) is 0.184. The Labute approximate surface area is 304 Å². The molecule has 0 saturated carbocycles. The lowest BCUT2D eigenvalue weighted by molar-refractivity contribution is 0.590. The maximum Gasteiger partial charge on any atom is 0.0726 e. The van der Waals surface area contributed by atoms with Crippen molar-refractivity contribution in [3.8, 4) is 38.4 Å². The summed E-state index contributed by atoms with van der Waals surface area (Å²) in [7, 11) is 0. The van der Waals surface area contributed by atoms with Crippen LogP contribution in [0.2, 0.25) is 0 Å². The lowest BCUT2D eigenvalue weighted by atomic mass is 9.70. The summed E-state index contributed by atoms with van der Waals surface area (Å²) in [4.78, 5) is 1.30. The minimum atomic E-state index is -0.418. The van der Waals surface area contributed by atoms with E-state index in [0.717, 1.165) is 0 Å². The van der Waals surface area contributed by atoms with Gasteiger partial charge in [0.15, 0.2) is 0 Å². The van der Waals surface area contributed by atoms with Gasteiger partial charge in [-0.05, 0) is 126 Å². The predicted molar refractivity (Wildman–Crippen MR) is 218 cm³/mol. The summed E-state index contributed by atoms with van der Waals surface area (Å²) >= 11 is 1.81. The third-order valence-electron chi connectivity index (χ3n) is 11.6. The highest BCUT2D eigenvalue weighted by molar-refractivity contribution is 7.13. The first-order valence-electron chi connectivity index (χ1n) is 18.2. The Morgan fingerprint density at radius 2 is 1.00 bits per heavy atom. The van der Waals surface area contributed by atoms with E-state index in [0.29, 0.717) is 0 Å². The topological polar surface area (TPSA) is 4.93 Å². The largest absolute Gasteiger partial charge is 0.309 e. The van der Waals surface area contributed by atoms with E-state index in [1.165, 1.54) is 93.6 Å². The van der Waals surface area contributed by atoms with Crippen LogP contribution in [0.4, 0.5) is 0 Å². The molecule has 0 N–H and O–H groups in total. The zero-order chi connectivity index (χ0) is 34.9. The molecule has 6 aromatic carbocycles. The molecule has 0 fully saturated rings. The molecule has 0 bridgehead atoms. The van der Waals surface area contributed by atoms with Crippen LogP contribution in [0.1, 0.15) is 74.9 Å². The quantitative estimate of drug-likeness (QED) is 0.172. The van der Waals surface area contributed by atoms with Crippen molar-refractivity contribution in [2.75, 3.05) is 0 Å². The third kappa shape index (κ3) is 4.20. The Morgan fingerprint density at radius 1 is 0.471 bits per heavy atom. The Bertz CT molecular complexity index is 2590. The van der Waals surface area contributed by atoms with Gasteiger partial charge < -0.3 is 4.57 Å². The number of thiophene rings is 1. The first-order valence-corrected chi connectivity index (χ1v) is 19.1. The Kier molecular flexibility index (Phi) is 6.27. The maximum atomic E-state index is 2.52. The number of benzene rings is 6. The molecule has 0 radical (unpaired) electrons. The van der Waals surface area contributed by atoms with Crippen LogP contribution in [0.3, 0.4) is 0 Å². The summed E-state index contributed by atoms with van der Waals surface area (Å²) < 4.78 is 2.52. The molecule has 0 amide bonds. The Hall–Kier alpha value is -5.18. The Morgan fingerprint density at radius 3 is 1.55 bits per heavy atom. The molecule has 10 rings (SSSR count). The van der Waals surface area contributed by atoms with Gasteiger partial charge in [0.25, 0.3) is 0 Å². The fourth-order valence-corrected chi connectivity index (χ4v) is 9.82. The second-order valence-electron chi connectivity index (χ2n) is 16.6. The van der Waals surface area contributed by atoms with Crippen molar-refractivity contribution in [1.82, 2.24) is 4.57 Å². The van der Waals surface area contributed by atoms with Crippen molar-refractivity contribution in [2.24, 2.45) is 0 Å². The van der Waals surface area contributed by atoms with Gasteiger partial charge in [0.1, 0.15) is 0 Å². The highest BCUT2D eigenvalue weighted by Gasteiger charge is 2.51. The first kappa shape index (κ1) is 30.6. The summed E-state index contributed by atoms with van der Waals surface area (Å²) in [5, 5.41) is 4.82. The molecule has 0 unspecified atom stereocenters. The average molecular weight is 676 g/mol. The highest BCUT2D eigenvalue weighted by atomic mass is 32.1. The van der Waals surface area contributed by atoms with Crippen molar-refractivity contribution in [3.05, 3.63) is 172 Å². The first-order chi connectivity index (χ1) is 24.5. The van der Waals surface area contributed by atoms with Crippen LogP contribution >= 0.6 is 11.3 Å². The second-order valence-corrected chi connectivity index (χ2v) is 17.6. The van der Waals surface area contributed by atoms with Crippen LogP contribution in [-0.4, -0.2) is 4.57 Å². The molecule has 248 valence electrons. The number of hydrogen-bond donors (Lipinski definition) is 0. The normalized spacial score (nSPS) is 14.2. The minimum absolute atomic E-state index is 0.0567. The minimum Gasteiger partial charge on any atom is -0.309 e. The molecule has 0 aliphatic heterocycles. The molecule has 8 aromatic rings. The lowest BCUT2D eigenvalue weighted by Gasteiger charge is -2.31. The monoisotopic (exact) mass is 675 g/mol. The molecule has 2 heterocycles. The van der Waals surface area contributed by atoms with Gasteiger partial charge in [-0.1, -0.05) is 126 Å². The Balaban J connectivity index is 1.29. The molecule has 2 aromatic heterocycles. The van der Waals surface area contributed by atoms with Gasteiger partial charge in [-0.25, -0.2) is 0 Å². The SMILES string of the molecule is CC(C)(C)c1ccc2c(c1)c1cc(C(C)(C)C)ccc1n2-c1ccc2c(c1)C1(c3ccccc3-c3ccccc31)c1cc(-c3cccs3)ccc1-2. The van der Waals surface area contributed by atoms with E-state index in [9.17, 15) is 0 Å². The van der Waals surface area contributed by atoms with E-state index in [1.807, 2.05) is 11.3 Å². The molecule has 2 aliphatic rings. The fourth-order valence-electron chi connectivity index (χ4n) is 9.10. The van der Waals surface area contributed by atoms with Crippen molar-refractivity contribution >= 4 is 33.1 Å².